The van der Waals surface area contributed by atoms with E-state index >= 15 is 0 Å². The van der Waals surface area contributed by atoms with E-state index in [2.05, 4.69) is 0 Å². The van der Waals surface area contributed by atoms with E-state index in [-0.39, 0.29) is 13.0 Å². The molecule has 4 atom stereocenters. The number of hydroxylamine groups is 2. The molecule has 1 amide bonds. The summed E-state index contributed by atoms with van der Waals surface area (Å²) in [5.74, 6) is -0.508. The van der Waals surface area contributed by atoms with E-state index in [1.165, 1.54) is 6.92 Å². The Hall–Kier alpha value is -2.03. The van der Waals surface area contributed by atoms with Crippen molar-refractivity contribution in [2.24, 2.45) is 0 Å². The maximum absolute atomic E-state index is 12.3. The van der Waals surface area contributed by atoms with E-state index in [9.17, 15) is 30.4 Å². The van der Waals surface area contributed by atoms with Crippen LogP contribution in [0.1, 0.15) is 36.5 Å². The lowest BCUT2D eigenvalue weighted by Crippen LogP contribution is -2.43. The summed E-state index contributed by atoms with van der Waals surface area (Å²) in [7, 11) is 0. The Kier molecular flexibility index (Phi) is 7.70. The number of fused-ring (bicyclic) bond motifs is 1. The van der Waals surface area contributed by atoms with Crippen LogP contribution in [0.2, 0.25) is 0 Å². The van der Waals surface area contributed by atoms with Crippen LogP contribution in [0.5, 0.6) is 0 Å². The van der Waals surface area contributed by atoms with Crippen LogP contribution in [-0.4, -0.2) is 67.6 Å². The van der Waals surface area contributed by atoms with Crippen molar-refractivity contribution in [2.45, 2.75) is 50.6 Å². The van der Waals surface area contributed by atoms with Crippen molar-refractivity contribution in [3.8, 4) is 0 Å². The summed E-state index contributed by atoms with van der Waals surface area (Å²) in [6.45, 7) is 1.40. The standard InChI is InChI=1S/C20H27NO6/c1-13(22)18(24)19(25)17(23)8-4-5-11-21(27)20(26)16-10-9-14-6-2-3-7-15(14)12-16/h2-3,6-7,9-10,12-13,17-19,22-25,27H,4-5,8,11H2,1H3/t13-,17+,18+,19-/m0/s1. The number of hydrogen-bond donors (Lipinski definition) is 5. The Morgan fingerprint density at radius 1 is 0.963 bits per heavy atom. The first kappa shape index (κ1) is 21.3. The van der Waals surface area contributed by atoms with Crippen molar-refractivity contribution in [2.75, 3.05) is 6.54 Å². The topological polar surface area (TPSA) is 121 Å². The van der Waals surface area contributed by atoms with Gasteiger partial charge in [-0.15, -0.1) is 0 Å². The van der Waals surface area contributed by atoms with Gasteiger partial charge in [-0.2, -0.15) is 0 Å². The number of carbonyl (C=O) groups excluding carboxylic acids is 1. The predicted octanol–water partition coefficient (Wildman–Crippen LogP) is 1.30. The number of carbonyl (C=O) groups is 1. The van der Waals surface area contributed by atoms with Gasteiger partial charge in [0.2, 0.25) is 0 Å². The second-order valence-electron chi connectivity index (χ2n) is 6.78. The summed E-state index contributed by atoms with van der Waals surface area (Å²) in [6, 6.07) is 12.8. The fraction of sp³-hybridized carbons (Fsp3) is 0.450. The van der Waals surface area contributed by atoms with Crippen LogP contribution < -0.4 is 0 Å². The molecule has 0 aliphatic carbocycles. The van der Waals surface area contributed by atoms with Gasteiger partial charge < -0.3 is 20.4 Å². The normalized spacial score (nSPS) is 15.9. The predicted molar refractivity (Wildman–Crippen MR) is 100 cm³/mol. The lowest BCUT2D eigenvalue weighted by molar-refractivity contribution is -0.102. The van der Waals surface area contributed by atoms with E-state index in [0.717, 1.165) is 10.8 Å². The van der Waals surface area contributed by atoms with Gasteiger partial charge in [-0.1, -0.05) is 30.3 Å². The van der Waals surface area contributed by atoms with Gasteiger partial charge in [0.25, 0.3) is 5.91 Å². The van der Waals surface area contributed by atoms with Crippen molar-refractivity contribution in [3.63, 3.8) is 0 Å². The van der Waals surface area contributed by atoms with Gasteiger partial charge in [0.1, 0.15) is 12.2 Å². The van der Waals surface area contributed by atoms with Crippen molar-refractivity contribution in [1.82, 2.24) is 5.06 Å². The zero-order chi connectivity index (χ0) is 20.0. The number of benzene rings is 2. The summed E-state index contributed by atoms with van der Waals surface area (Å²) in [5, 5.41) is 50.8. The van der Waals surface area contributed by atoms with Crippen molar-refractivity contribution in [1.29, 1.82) is 0 Å². The SMILES string of the molecule is C[C@H](O)[C@@H](O)[C@@H](O)[C@H](O)CCCCN(O)C(=O)c1ccc2ccccc2c1. The van der Waals surface area contributed by atoms with Crippen molar-refractivity contribution in [3.05, 3.63) is 48.0 Å². The zero-order valence-electron chi connectivity index (χ0n) is 15.3. The quantitative estimate of drug-likeness (QED) is 0.255. The summed E-state index contributed by atoms with van der Waals surface area (Å²) < 4.78 is 0. The highest BCUT2D eigenvalue weighted by molar-refractivity contribution is 5.98. The molecule has 0 aromatic heterocycles. The minimum Gasteiger partial charge on any atom is -0.391 e. The van der Waals surface area contributed by atoms with Crippen LogP contribution in [0.25, 0.3) is 10.8 Å². The van der Waals surface area contributed by atoms with Crippen molar-refractivity contribution >= 4 is 16.7 Å². The molecule has 5 N–H and O–H groups in total. The van der Waals surface area contributed by atoms with Crippen LogP contribution in [0, 0.1) is 0 Å². The van der Waals surface area contributed by atoms with Gasteiger partial charge in [0, 0.05) is 12.1 Å². The highest BCUT2D eigenvalue weighted by atomic mass is 16.5. The maximum atomic E-state index is 12.3. The number of rotatable bonds is 9. The molecule has 0 saturated heterocycles. The summed E-state index contributed by atoms with van der Waals surface area (Å²) in [4.78, 5) is 12.3. The average Bonchev–Trinajstić information content (AvgIpc) is 2.68. The third-order valence-electron chi connectivity index (χ3n) is 4.59. The summed E-state index contributed by atoms with van der Waals surface area (Å²) >= 11 is 0. The fourth-order valence-electron chi connectivity index (χ4n) is 2.87. The smallest absolute Gasteiger partial charge is 0.277 e. The monoisotopic (exact) mass is 377 g/mol. The third-order valence-corrected chi connectivity index (χ3v) is 4.59. The van der Waals surface area contributed by atoms with Crippen molar-refractivity contribution < 1.29 is 30.4 Å². The molecule has 0 aliphatic rings. The molecule has 0 radical (unpaired) electrons. The van der Waals surface area contributed by atoms with Crippen LogP contribution in [0.3, 0.4) is 0 Å². The lowest BCUT2D eigenvalue weighted by atomic mass is 10.00. The molecule has 0 unspecified atom stereocenters. The van der Waals surface area contributed by atoms with E-state index in [1.807, 2.05) is 30.3 Å². The maximum Gasteiger partial charge on any atom is 0.277 e. The number of nitrogens with zero attached hydrogens (tertiary/aromatic N) is 1. The molecule has 0 heterocycles. The first-order valence-electron chi connectivity index (χ1n) is 9.03. The molecular weight excluding hydrogens is 350 g/mol. The highest BCUT2D eigenvalue weighted by Crippen LogP contribution is 2.17. The molecule has 0 saturated carbocycles. The third kappa shape index (κ3) is 5.72. The van der Waals surface area contributed by atoms with Crippen LogP contribution in [0.15, 0.2) is 42.5 Å². The molecule has 0 bridgehead atoms. The van der Waals surface area contributed by atoms with E-state index < -0.39 is 30.3 Å². The second kappa shape index (κ2) is 9.77. The fourth-order valence-corrected chi connectivity index (χ4v) is 2.87. The number of amides is 1. The molecule has 2 aromatic carbocycles. The summed E-state index contributed by atoms with van der Waals surface area (Å²) in [6.07, 6.45) is -4.22. The Morgan fingerprint density at radius 3 is 2.30 bits per heavy atom. The van der Waals surface area contributed by atoms with Crippen LogP contribution in [0.4, 0.5) is 0 Å². The van der Waals surface area contributed by atoms with Gasteiger partial charge in [-0.3, -0.25) is 10.0 Å². The molecule has 0 spiro atoms. The number of unbranched alkanes of at least 4 members (excludes halogenated alkanes) is 1. The molecule has 7 nitrogen and oxygen atoms in total. The molecule has 7 heteroatoms. The first-order chi connectivity index (χ1) is 12.8. The highest BCUT2D eigenvalue weighted by Gasteiger charge is 2.27. The Bertz CT molecular complexity index is 750. The van der Waals surface area contributed by atoms with Gasteiger partial charge in [-0.05, 0) is 49.1 Å². The largest absolute Gasteiger partial charge is 0.391 e. The molecule has 27 heavy (non-hydrogen) atoms. The Morgan fingerprint density at radius 2 is 1.63 bits per heavy atom. The van der Waals surface area contributed by atoms with Gasteiger partial charge in [0.05, 0.1) is 12.2 Å². The zero-order valence-corrected chi connectivity index (χ0v) is 15.3. The summed E-state index contributed by atoms with van der Waals surface area (Å²) in [5.41, 5.74) is 0.381. The minimum absolute atomic E-state index is 0.0768. The molecule has 2 aromatic rings. The molecule has 148 valence electrons. The van der Waals surface area contributed by atoms with E-state index in [1.54, 1.807) is 12.1 Å². The minimum atomic E-state index is -1.45. The molecular formula is C20H27NO6. The van der Waals surface area contributed by atoms with Gasteiger partial charge >= 0.3 is 0 Å². The van der Waals surface area contributed by atoms with Gasteiger partial charge in [-0.25, -0.2) is 5.06 Å². The van der Waals surface area contributed by atoms with E-state index in [0.29, 0.717) is 23.5 Å². The van der Waals surface area contributed by atoms with Gasteiger partial charge in [0.15, 0.2) is 0 Å². The molecule has 0 aliphatic heterocycles. The van der Waals surface area contributed by atoms with Crippen LogP contribution in [-0.2, 0) is 0 Å². The second-order valence-corrected chi connectivity index (χ2v) is 6.78. The first-order valence-corrected chi connectivity index (χ1v) is 9.03. The van der Waals surface area contributed by atoms with Crippen LogP contribution >= 0.6 is 0 Å². The average molecular weight is 377 g/mol. The number of aliphatic hydroxyl groups excluding tert-OH is 4. The Labute approximate surface area is 158 Å². The number of hydrogen-bond acceptors (Lipinski definition) is 6. The lowest BCUT2D eigenvalue weighted by Gasteiger charge is -2.24. The molecule has 0 fully saturated rings. The van der Waals surface area contributed by atoms with E-state index in [4.69, 9.17) is 0 Å². The Balaban J connectivity index is 1.81. The number of aliphatic hydroxyl groups is 4. The molecule has 2 rings (SSSR count).